The van der Waals surface area contributed by atoms with Crippen molar-refractivity contribution in [1.82, 2.24) is 4.98 Å². The van der Waals surface area contributed by atoms with Gasteiger partial charge in [0.05, 0.1) is 19.3 Å². The van der Waals surface area contributed by atoms with Gasteiger partial charge in [-0.05, 0) is 31.4 Å². The van der Waals surface area contributed by atoms with Crippen LogP contribution in [0.4, 0.5) is 5.82 Å². The highest BCUT2D eigenvalue weighted by molar-refractivity contribution is 5.35. The Morgan fingerprint density at radius 2 is 1.66 bits per heavy atom. The van der Waals surface area contributed by atoms with Crippen molar-refractivity contribution >= 4 is 5.82 Å². The zero-order valence-corrected chi connectivity index (χ0v) is 18.5. The number of anilines is 1. The summed E-state index contributed by atoms with van der Waals surface area (Å²) in [5.41, 5.74) is 0. The molecule has 0 unspecified atom stereocenters. The first-order valence-corrected chi connectivity index (χ1v) is 11.4. The average Bonchev–Trinajstić information content (AvgIpc) is 2.75. The molecule has 0 aliphatic carbocycles. The van der Waals surface area contributed by atoms with Crippen molar-refractivity contribution in [2.75, 3.05) is 38.4 Å². The van der Waals surface area contributed by atoms with E-state index in [0.717, 1.165) is 57.6 Å². The van der Waals surface area contributed by atoms with Crippen LogP contribution in [0.15, 0.2) is 24.4 Å². The van der Waals surface area contributed by atoms with E-state index in [4.69, 9.17) is 18.9 Å². The second-order valence-electron chi connectivity index (χ2n) is 7.64. The molecule has 0 bridgehead atoms. The summed E-state index contributed by atoms with van der Waals surface area (Å²) in [5.74, 6) is 0.829. The molecule has 166 valence electrons. The molecular formula is C23H40N2O4. The number of rotatable bonds is 15. The molecule has 1 fully saturated rings. The largest absolute Gasteiger partial charge is 0.379 e. The van der Waals surface area contributed by atoms with Crippen molar-refractivity contribution < 1.29 is 18.9 Å². The predicted octanol–water partition coefficient (Wildman–Crippen LogP) is 4.45. The third-order valence-electron chi connectivity index (χ3n) is 5.12. The summed E-state index contributed by atoms with van der Waals surface area (Å²) < 4.78 is 24.8. The maximum atomic E-state index is 6.36. The summed E-state index contributed by atoms with van der Waals surface area (Å²) in [5, 5.41) is 3.49. The van der Waals surface area contributed by atoms with Gasteiger partial charge in [0.15, 0.2) is 0 Å². The van der Waals surface area contributed by atoms with Crippen LogP contribution >= 0.6 is 0 Å². The molecule has 1 aromatic heterocycles. The van der Waals surface area contributed by atoms with Crippen molar-refractivity contribution in [1.29, 1.82) is 0 Å². The number of hydrogen-bond acceptors (Lipinski definition) is 6. The van der Waals surface area contributed by atoms with Crippen LogP contribution in [-0.4, -0.2) is 62.4 Å². The van der Waals surface area contributed by atoms with Crippen molar-refractivity contribution in [3.8, 4) is 0 Å². The Bertz CT molecular complexity index is 517. The Labute approximate surface area is 176 Å². The van der Waals surface area contributed by atoms with E-state index in [-0.39, 0.29) is 24.4 Å². The maximum Gasteiger partial charge on any atom is 0.126 e. The minimum Gasteiger partial charge on any atom is -0.379 e. The van der Waals surface area contributed by atoms with Gasteiger partial charge in [0.25, 0.3) is 0 Å². The molecule has 6 heteroatoms. The summed E-state index contributed by atoms with van der Waals surface area (Å²) in [7, 11) is 0. The quantitative estimate of drug-likeness (QED) is 0.433. The first kappa shape index (κ1) is 24.1. The highest BCUT2D eigenvalue weighted by Gasteiger charge is 2.42. The van der Waals surface area contributed by atoms with E-state index in [9.17, 15) is 0 Å². The minimum absolute atomic E-state index is 0.0136. The monoisotopic (exact) mass is 408 g/mol. The standard InChI is InChI=1S/C23H40N2O4/c1-4-7-14-26-18-20-23(28-16-9-6-3)22(27-15-8-5-2)19(17-29-20)25-21-12-10-11-13-24-21/h10-13,19-20,22-23H,4-9,14-18H2,1-3H3,(H,24,25)/t19-,20+,22+,23-/m0/s1. The Morgan fingerprint density at radius 1 is 0.966 bits per heavy atom. The van der Waals surface area contributed by atoms with Crippen LogP contribution in [0.5, 0.6) is 0 Å². The van der Waals surface area contributed by atoms with Gasteiger partial charge in [-0.15, -0.1) is 0 Å². The van der Waals surface area contributed by atoms with E-state index in [0.29, 0.717) is 19.8 Å². The fourth-order valence-corrected chi connectivity index (χ4v) is 3.35. The second-order valence-corrected chi connectivity index (χ2v) is 7.64. The number of nitrogens with one attached hydrogen (secondary N) is 1. The summed E-state index contributed by atoms with van der Waals surface area (Å²) in [6, 6.07) is 5.85. The smallest absolute Gasteiger partial charge is 0.126 e. The molecule has 1 aliphatic rings. The first-order valence-electron chi connectivity index (χ1n) is 11.4. The van der Waals surface area contributed by atoms with Crippen LogP contribution < -0.4 is 5.32 Å². The molecule has 1 N–H and O–H groups in total. The normalized spacial score (nSPS) is 24.5. The van der Waals surface area contributed by atoms with Crippen molar-refractivity contribution in [2.24, 2.45) is 0 Å². The lowest BCUT2D eigenvalue weighted by Gasteiger charge is -2.42. The van der Waals surface area contributed by atoms with E-state index >= 15 is 0 Å². The van der Waals surface area contributed by atoms with Gasteiger partial charge in [-0.3, -0.25) is 0 Å². The fourth-order valence-electron chi connectivity index (χ4n) is 3.35. The molecule has 0 aromatic carbocycles. The number of ether oxygens (including phenoxy) is 4. The predicted molar refractivity (Wildman–Crippen MR) is 116 cm³/mol. The molecule has 29 heavy (non-hydrogen) atoms. The molecule has 0 radical (unpaired) electrons. The van der Waals surface area contributed by atoms with Crippen LogP contribution in [0.3, 0.4) is 0 Å². The minimum atomic E-state index is -0.157. The Hall–Kier alpha value is -1.21. The molecule has 2 heterocycles. The zero-order valence-electron chi connectivity index (χ0n) is 18.5. The van der Waals surface area contributed by atoms with Crippen LogP contribution in [0.2, 0.25) is 0 Å². The van der Waals surface area contributed by atoms with Gasteiger partial charge in [-0.2, -0.15) is 0 Å². The van der Waals surface area contributed by atoms with E-state index in [1.165, 1.54) is 0 Å². The number of hydrogen-bond donors (Lipinski definition) is 1. The van der Waals surface area contributed by atoms with Crippen molar-refractivity contribution in [3.05, 3.63) is 24.4 Å². The highest BCUT2D eigenvalue weighted by Crippen LogP contribution is 2.25. The summed E-state index contributed by atoms with van der Waals surface area (Å²) in [4.78, 5) is 4.41. The molecule has 1 saturated heterocycles. The molecular weight excluding hydrogens is 368 g/mol. The average molecular weight is 409 g/mol. The highest BCUT2D eigenvalue weighted by atomic mass is 16.6. The fraction of sp³-hybridized carbons (Fsp3) is 0.783. The summed E-state index contributed by atoms with van der Waals surface area (Å²) in [6.45, 7) is 9.79. The maximum absolute atomic E-state index is 6.36. The van der Waals surface area contributed by atoms with Crippen molar-refractivity contribution in [2.45, 2.75) is 83.6 Å². The van der Waals surface area contributed by atoms with Gasteiger partial charge in [-0.25, -0.2) is 4.98 Å². The van der Waals surface area contributed by atoms with Crippen molar-refractivity contribution in [3.63, 3.8) is 0 Å². The third kappa shape index (κ3) is 8.59. The van der Waals surface area contributed by atoms with E-state index in [1.807, 2.05) is 18.2 Å². The van der Waals surface area contributed by atoms with Crippen LogP contribution in [-0.2, 0) is 18.9 Å². The number of unbranched alkanes of at least 4 members (excludes halogenated alkanes) is 3. The molecule has 1 aliphatic heterocycles. The van der Waals surface area contributed by atoms with E-state index in [2.05, 4.69) is 31.1 Å². The Morgan fingerprint density at radius 3 is 2.31 bits per heavy atom. The van der Waals surface area contributed by atoms with Crippen LogP contribution in [0.25, 0.3) is 0 Å². The van der Waals surface area contributed by atoms with Gasteiger partial charge >= 0.3 is 0 Å². The molecule has 6 nitrogen and oxygen atoms in total. The first-order chi connectivity index (χ1) is 14.3. The Kier molecular flexibility index (Phi) is 12.2. The molecule has 2 rings (SSSR count). The van der Waals surface area contributed by atoms with Gasteiger partial charge in [0, 0.05) is 26.0 Å². The van der Waals surface area contributed by atoms with Gasteiger partial charge in [0.1, 0.15) is 24.1 Å². The zero-order chi connectivity index (χ0) is 20.7. The Balaban J connectivity index is 2.08. The summed E-state index contributed by atoms with van der Waals surface area (Å²) in [6.07, 6.45) is 7.87. The van der Waals surface area contributed by atoms with Gasteiger partial charge in [-0.1, -0.05) is 46.1 Å². The molecule has 0 saturated carbocycles. The topological polar surface area (TPSA) is 61.8 Å². The molecule has 1 aromatic rings. The number of aromatic nitrogens is 1. The lowest BCUT2D eigenvalue weighted by Crippen LogP contribution is -2.59. The lowest BCUT2D eigenvalue weighted by atomic mass is 9.97. The number of pyridine rings is 1. The SMILES string of the molecule is CCCCOC[C@H]1OC[C@H](Nc2ccccn2)[C@@H](OCCCC)[C@H]1OCCCC. The lowest BCUT2D eigenvalue weighted by molar-refractivity contribution is -0.194. The summed E-state index contributed by atoms with van der Waals surface area (Å²) >= 11 is 0. The van der Waals surface area contributed by atoms with Crippen LogP contribution in [0, 0.1) is 0 Å². The van der Waals surface area contributed by atoms with Gasteiger partial charge in [0.2, 0.25) is 0 Å². The van der Waals surface area contributed by atoms with E-state index < -0.39 is 0 Å². The molecule has 0 amide bonds. The molecule has 4 atom stereocenters. The van der Waals surface area contributed by atoms with Crippen LogP contribution in [0.1, 0.15) is 59.3 Å². The van der Waals surface area contributed by atoms with Gasteiger partial charge < -0.3 is 24.3 Å². The number of nitrogens with zero attached hydrogens (tertiary/aromatic N) is 1. The molecule has 0 spiro atoms. The third-order valence-corrected chi connectivity index (χ3v) is 5.12. The second kappa shape index (κ2) is 14.7. The van der Waals surface area contributed by atoms with E-state index in [1.54, 1.807) is 6.20 Å².